The van der Waals surface area contributed by atoms with Crippen LogP contribution in [0.25, 0.3) is 10.8 Å². The van der Waals surface area contributed by atoms with Crippen molar-refractivity contribution in [3.05, 3.63) is 62.7 Å². The van der Waals surface area contributed by atoms with E-state index in [9.17, 15) is 14.0 Å². The zero-order valence-electron chi connectivity index (χ0n) is 13.8. The van der Waals surface area contributed by atoms with Crippen molar-refractivity contribution in [1.82, 2.24) is 14.7 Å². The third-order valence-electron chi connectivity index (χ3n) is 3.76. The number of aryl methyl sites for hydroxylation is 1. The molecular formula is C17H15ClFN3O3S. The molecule has 0 spiro atoms. The third-order valence-corrected chi connectivity index (χ3v) is 4.97. The van der Waals surface area contributed by atoms with Gasteiger partial charge in [-0.05, 0) is 23.6 Å². The second-order valence-corrected chi connectivity index (χ2v) is 6.93. The van der Waals surface area contributed by atoms with Crippen molar-refractivity contribution >= 4 is 28.8 Å². The average Bonchev–Trinajstić information content (AvgIpc) is 3.25. The third kappa shape index (κ3) is 4.03. The summed E-state index contributed by atoms with van der Waals surface area (Å²) in [5.74, 6) is -1.13. The van der Waals surface area contributed by atoms with Crippen LogP contribution in [-0.2, 0) is 17.9 Å². The highest BCUT2D eigenvalue weighted by atomic mass is 35.5. The van der Waals surface area contributed by atoms with Crippen LogP contribution in [-0.4, -0.2) is 27.6 Å². The van der Waals surface area contributed by atoms with Crippen molar-refractivity contribution < 1.29 is 13.6 Å². The first-order chi connectivity index (χ1) is 12.5. The molecule has 6 nitrogen and oxygen atoms in total. The number of nitrogens with zero attached hydrogens (tertiary/aromatic N) is 3. The fourth-order valence-electron chi connectivity index (χ4n) is 2.35. The van der Waals surface area contributed by atoms with E-state index in [4.69, 9.17) is 16.0 Å². The van der Waals surface area contributed by atoms with Crippen LogP contribution < -0.4 is 5.76 Å². The summed E-state index contributed by atoms with van der Waals surface area (Å²) in [6.07, 6.45) is 0.0267. The molecule has 0 aliphatic carbocycles. The molecule has 0 saturated heterocycles. The molecule has 26 heavy (non-hydrogen) atoms. The molecule has 0 saturated carbocycles. The molecule has 9 heteroatoms. The van der Waals surface area contributed by atoms with Crippen LogP contribution in [0.1, 0.15) is 12.0 Å². The molecule has 0 radical (unpaired) electrons. The number of carbonyl (C=O) groups excluding carboxylic acids is 1. The molecule has 1 amide bonds. The Hall–Kier alpha value is -2.45. The fourth-order valence-corrected chi connectivity index (χ4v) is 3.22. The standard InChI is InChI=1S/C17H15ClFN3O3S/c1-21(10-11-12(18)4-2-5-13(11)19)15(23)7-8-22-17(24)25-16(20-22)14-6-3-9-26-14/h2-6,9H,7-8,10H2,1H3. The average molecular weight is 396 g/mol. The van der Waals surface area contributed by atoms with Gasteiger partial charge in [0, 0.05) is 30.6 Å². The Labute approximate surface area is 157 Å². The molecular weight excluding hydrogens is 381 g/mol. The molecule has 3 rings (SSSR count). The van der Waals surface area contributed by atoms with Gasteiger partial charge in [-0.25, -0.2) is 9.18 Å². The highest BCUT2D eigenvalue weighted by molar-refractivity contribution is 7.13. The van der Waals surface area contributed by atoms with E-state index in [0.717, 1.165) is 9.56 Å². The molecule has 2 heterocycles. The maximum absolute atomic E-state index is 13.8. The van der Waals surface area contributed by atoms with E-state index < -0.39 is 11.6 Å². The summed E-state index contributed by atoms with van der Waals surface area (Å²) in [5, 5.41) is 6.20. The second kappa shape index (κ2) is 7.84. The lowest BCUT2D eigenvalue weighted by Crippen LogP contribution is -2.29. The maximum atomic E-state index is 13.8. The van der Waals surface area contributed by atoms with Crippen LogP contribution in [0.4, 0.5) is 4.39 Å². The van der Waals surface area contributed by atoms with E-state index in [0.29, 0.717) is 0 Å². The first kappa shape index (κ1) is 18.3. The van der Waals surface area contributed by atoms with Crippen LogP contribution in [0.15, 0.2) is 44.9 Å². The van der Waals surface area contributed by atoms with Gasteiger partial charge in [-0.15, -0.1) is 16.4 Å². The smallest absolute Gasteiger partial charge is 0.387 e. The molecule has 0 aliphatic heterocycles. The van der Waals surface area contributed by atoms with E-state index >= 15 is 0 Å². The topological polar surface area (TPSA) is 68.3 Å². The monoisotopic (exact) mass is 395 g/mol. The van der Waals surface area contributed by atoms with Gasteiger partial charge in [-0.1, -0.05) is 23.7 Å². The van der Waals surface area contributed by atoms with Crippen molar-refractivity contribution in [2.45, 2.75) is 19.5 Å². The minimum Gasteiger partial charge on any atom is -0.387 e. The Morgan fingerprint density at radius 2 is 2.19 bits per heavy atom. The first-order valence-electron chi connectivity index (χ1n) is 7.74. The lowest BCUT2D eigenvalue weighted by atomic mass is 10.2. The SMILES string of the molecule is CN(Cc1c(F)cccc1Cl)C(=O)CCn1nc(-c2cccs2)oc1=O. The zero-order valence-corrected chi connectivity index (χ0v) is 15.4. The van der Waals surface area contributed by atoms with E-state index in [2.05, 4.69) is 5.10 Å². The van der Waals surface area contributed by atoms with Gasteiger partial charge >= 0.3 is 5.76 Å². The molecule has 0 bridgehead atoms. The summed E-state index contributed by atoms with van der Waals surface area (Å²) in [5.41, 5.74) is 0.253. The fraction of sp³-hybridized carbons (Fsp3) is 0.235. The van der Waals surface area contributed by atoms with Crippen molar-refractivity contribution in [2.24, 2.45) is 0 Å². The van der Waals surface area contributed by atoms with Gasteiger partial charge in [0.1, 0.15) is 5.82 Å². The van der Waals surface area contributed by atoms with Gasteiger partial charge < -0.3 is 9.32 Å². The van der Waals surface area contributed by atoms with Crippen LogP contribution >= 0.6 is 22.9 Å². The van der Waals surface area contributed by atoms with Crippen molar-refractivity contribution in [1.29, 1.82) is 0 Å². The van der Waals surface area contributed by atoms with Gasteiger partial charge in [0.05, 0.1) is 11.4 Å². The Balaban J connectivity index is 1.63. The number of amides is 1. The molecule has 0 N–H and O–H groups in total. The largest absolute Gasteiger partial charge is 0.437 e. The number of carbonyl (C=O) groups is 1. The normalized spacial score (nSPS) is 10.9. The van der Waals surface area contributed by atoms with Gasteiger partial charge in [0.2, 0.25) is 5.91 Å². The predicted octanol–water partition coefficient (Wildman–Crippen LogP) is 3.41. The predicted molar refractivity (Wildman–Crippen MR) is 96.6 cm³/mol. The van der Waals surface area contributed by atoms with Crippen LogP contribution in [0.2, 0.25) is 5.02 Å². The lowest BCUT2D eigenvalue weighted by Gasteiger charge is -2.18. The van der Waals surface area contributed by atoms with Crippen molar-refractivity contribution in [2.75, 3.05) is 7.05 Å². The van der Waals surface area contributed by atoms with E-state index in [1.807, 2.05) is 11.4 Å². The number of thiophene rings is 1. The molecule has 2 aromatic heterocycles. The second-order valence-electron chi connectivity index (χ2n) is 5.57. The molecule has 136 valence electrons. The molecule has 0 unspecified atom stereocenters. The van der Waals surface area contributed by atoms with Crippen molar-refractivity contribution in [3.8, 4) is 10.8 Å². The minimum atomic E-state index is -0.624. The summed E-state index contributed by atoms with van der Waals surface area (Å²) >= 11 is 7.38. The van der Waals surface area contributed by atoms with Gasteiger partial charge in [-0.2, -0.15) is 4.68 Å². The van der Waals surface area contributed by atoms with Crippen LogP contribution in [0, 0.1) is 5.82 Å². The van der Waals surface area contributed by atoms with Crippen molar-refractivity contribution in [3.63, 3.8) is 0 Å². The number of rotatable bonds is 6. The van der Waals surface area contributed by atoms with Gasteiger partial charge in [-0.3, -0.25) is 4.79 Å². The number of hydrogen-bond acceptors (Lipinski definition) is 5. The van der Waals surface area contributed by atoms with E-state index in [1.165, 1.54) is 28.4 Å². The summed E-state index contributed by atoms with van der Waals surface area (Å²) in [7, 11) is 1.55. The quantitative estimate of drug-likeness (QED) is 0.641. The number of halogens is 2. The lowest BCUT2D eigenvalue weighted by molar-refractivity contribution is -0.130. The summed E-state index contributed by atoms with van der Waals surface area (Å²) < 4.78 is 20.0. The maximum Gasteiger partial charge on any atom is 0.437 e. The Morgan fingerprint density at radius 3 is 2.88 bits per heavy atom. The molecule has 0 atom stereocenters. The van der Waals surface area contributed by atoms with Gasteiger partial charge in [0.25, 0.3) is 5.89 Å². The molecule has 1 aromatic carbocycles. The number of aromatic nitrogens is 2. The summed E-state index contributed by atoms with van der Waals surface area (Å²) in [6, 6.07) is 7.98. The number of hydrogen-bond donors (Lipinski definition) is 0. The zero-order chi connectivity index (χ0) is 18.7. The number of benzene rings is 1. The Kier molecular flexibility index (Phi) is 5.53. The Morgan fingerprint density at radius 1 is 1.38 bits per heavy atom. The van der Waals surface area contributed by atoms with E-state index in [-0.39, 0.29) is 41.9 Å². The first-order valence-corrected chi connectivity index (χ1v) is 9.00. The van der Waals surface area contributed by atoms with Crippen LogP contribution in [0.3, 0.4) is 0 Å². The highest BCUT2D eigenvalue weighted by Gasteiger charge is 2.16. The van der Waals surface area contributed by atoms with Crippen LogP contribution in [0.5, 0.6) is 0 Å². The van der Waals surface area contributed by atoms with E-state index in [1.54, 1.807) is 19.2 Å². The molecule has 0 aliphatic rings. The Bertz CT molecular complexity index is 948. The molecule has 3 aromatic rings. The highest BCUT2D eigenvalue weighted by Crippen LogP contribution is 2.22. The molecule has 0 fully saturated rings. The summed E-state index contributed by atoms with van der Waals surface area (Å²) in [4.78, 5) is 26.2. The van der Waals surface area contributed by atoms with Gasteiger partial charge in [0.15, 0.2) is 0 Å². The minimum absolute atomic E-state index is 0.0267. The summed E-state index contributed by atoms with van der Waals surface area (Å²) in [6.45, 7) is 0.111.